The van der Waals surface area contributed by atoms with Gasteiger partial charge in [-0.3, -0.25) is 4.90 Å². The summed E-state index contributed by atoms with van der Waals surface area (Å²) in [6.45, 7) is 5.17. The molecule has 3 nitrogen and oxygen atoms in total. The molecule has 24 heavy (non-hydrogen) atoms. The van der Waals surface area contributed by atoms with Gasteiger partial charge in [-0.25, -0.2) is 0 Å². The largest absolute Gasteiger partial charge is 0.393 e. The van der Waals surface area contributed by atoms with Crippen molar-refractivity contribution in [2.24, 2.45) is 17.8 Å². The summed E-state index contributed by atoms with van der Waals surface area (Å²) in [5.41, 5.74) is 2.87. The highest BCUT2D eigenvalue weighted by Crippen LogP contribution is 2.42. The SMILES string of the molecule is OC1CCN(Cc2ccccc2CNC[C@H]2C[C@H]3C=C[C@H]2C3)CC1. The van der Waals surface area contributed by atoms with E-state index in [1.807, 2.05) is 0 Å². The van der Waals surface area contributed by atoms with Gasteiger partial charge >= 0.3 is 0 Å². The van der Waals surface area contributed by atoms with Crippen LogP contribution in [0.25, 0.3) is 0 Å². The van der Waals surface area contributed by atoms with Crippen molar-refractivity contribution in [2.75, 3.05) is 19.6 Å². The standard InChI is InChI=1S/C21H30N2O/c24-21-7-9-23(10-8-21)15-19-4-2-1-3-18(19)13-22-14-20-12-16-5-6-17(20)11-16/h1-6,16-17,20-22,24H,7-15H2/t16-,17-,20+/m0/s1. The second kappa shape index (κ2) is 7.38. The Morgan fingerprint density at radius 1 is 1.04 bits per heavy atom. The lowest BCUT2D eigenvalue weighted by Crippen LogP contribution is -2.35. The predicted octanol–water partition coefficient (Wildman–Crippen LogP) is 2.95. The lowest BCUT2D eigenvalue weighted by atomic mass is 9.93. The molecule has 1 saturated heterocycles. The van der Waals surface area contributed by atoms with E-state index in [1.54, 1.807) is 0 Å². The van der Waals surface area contributed by atoms with Gasteiger partial charge in [0.15, 0.2) is 0 Å². The first-order valence-electron chi connectivity index (χ1n) is 9.64. The molecule has 2 aliphatic carbocycles. The molecule has 0 unspecified atom stereocenters. The van der Waals surface area contributed by atoms with Crippen LogP contribution in [0.15, 0.2) is 36.4 Å². The van der Waals surface area contributed by atoms with Crippen molar-refractivity contribution < 1.29 is 5.11 Å². The van der Waals surface area contributed by atoms with Gasteiger partial charge in [0.25, 0.3) is 0 Å². The summed E-state index contributed by atoms with van der Waals surface area (Å²) < 4.78 is 0. The molecule has 2 fully saturated rings. The van der Waals surface area contributed by atoms with Crippen molar-refractivity contribution >= 4 is 0 Å². The van der Waals surface area contributed by atoms with Crippen LogP contribution in [-0.2, 0) is 13.1 Å². The molecule has 2 N–H and O–H groups in total. The second-order valence-electron chi connectivity index (χ2n) is 7.95. The molecule has 2 bridgehead atoms. The van der Waals surface area contributed by atoms with Gasteiger partial charge in [-0.1, -0.05) is 36.4 Å². The van der Waals surface area contributed by atoms with Crippen LogP contribution in [0.5, 0.6) is 0 Å². The van der Waals surface area contributed by atoms with E-state index in [-0.39, 0.29) is 6.10 Å². The average Bonchev–Trinajstić information content (AvgIpc) is 3.21. The zero-order valence-corrected chi connectivity index (χ0v) is 14.5. The molecule has 1 aliphatic heterocycles. The zero-order chi connectivity index (χ0) is 16.4. The molecule has 0 amide bonds. The Balaban J connectivity index is 1.29. The van der Waals surface area contributed by atoms with Crippen LogP contribution in [0.3, 0.4) is 0 Å². The zero-order valence-electron chi connectivity index (χ0n) is 14.5. The monoisotopic (exact) mass is 326 g/mol. The number of nitrogens with one attached hydrogen (secondary N) is 1. The number of nitrogens with zero attached hydrogens (tertiary/aromatic N) is 1. The third kappa shape index (κ3) is 3.74. The van der Waals surface area contributed by atoms with Crippen molar-refractivity contribution in [1.82, 2.24) is 10.2 Å². The van der Waals surface area contributed by atoms with E-state index in [4.69, 9.17) is 0 Å². The summed E-state index contributed by atoms with van der Waals surface area (Å²) >= 11 is 0. The molecular weight excluding hydrogens is 296 g/mol. The van der Waals surface area contributed by atoms with Crippen LogP contribution in [0.4, 0.5) is 0 Å². The minimum absolute atomic E-state index is 0.0889. The van der Waals surface area contributed by atoms with Gasteiger partial charge in [0, 0.05) is 26.2 Å². The van der Waals surface area contributed by atoms with Gasteiger partial charge < -0.3 is 10.4 Å². The predicted molar refractivity (Wildman–Crippen MR) is 97.5 cm³/mol. The van der Waals surface area contributed by atoms with Gasteiger partial charge in [-0.2, -0.15) is 0 Å². The molecule has 0 spiro atoms. The number of aliphatic hydroxyl groups excluding tert-OH is 1. The molecule has 0 aromatic heterocycles. The van der Waals surface area contributed by atoms with E-state index >= 15 is 0 Å². The molecular formula is C21H30N2O. The van der Waals surface area contributed by atoms with E-state index in [1.165, 1.54) is 24.0 Å². The highest BCUT2D eigenvalue weighted by atomic mass is 16.3. The first-order chi connectivity index (χ1) is 11.8. The molecule has 1 aromatic rings. The van der Waals surface area contributed by atoms with Crippen LogP contribution in [0.1, 0.15) is 36.8 Å². The molecule has 130 valence electrons. The number of fused-ring (bicyclic) bond motifs is 2. The maximum atomic E-state index is 9.67. The van der Waals surface area contributed by atoms with Crippen LogP contribution in [0, 0.1) is 17.8 Å². The molecule has 1 aromatic carbocycles. The van der Waals surface area contributed by atoms with Gasteiger partial charge in [0.1, 0.15) is 0 Å². The lowest BCUT2D eigenvalue weighted by Gasteiger charge is -2.30. The van der Waals surface area contributed by atoms with Crippen molar-refractivity contribution in [3.63, 3.8) is 0 Å². The Hall–Kier alpha value is -1.16. The number of allylic oxidation sites excluding steroid dienone is 2. The number of aliphatic hydroxyl groups is 1. The minimum Gasteiger partial charge on any atom is -0.393 e. The molecule has 1 heterocycles. The fraction of sp³-hybridized carbons (Fsp3) is 0.619. The summed E-state index contributed by atoms with van der Waals surface area (Å²) in [5.74, 6) is 2.54. The highest BCUT2D eigenvalue weighted by molar-refractivity contribution is 5.27. The Morgan fingerprint density at radius 3 is 2.54 bits per heavy atom. The highest BCUT2D eigenvalue weighted by Gasteiger charge is 2.34. The fourth-order valence-electron chi connectivity index (χ4n) is 4.72. The Bertz CT molecular complexity index is 577. The second-order valence-corrected chi connectivity index (χ2v) is 7.95. The maximum Gasteiger partial charge on any atom is 0.0564 e. The number of benzene rings is 1. The average molecular weight is 326 g/mol. The lowest BCUT2D eigenvalue weighted by molar-refractivity contribution is 0.0791. The number of likely N-dealkylation sites (tertiary alicyclic amines) is 1. The topological polar surface area (TPSA) is 35.5 Å². The third-order valence-electron chi connectivity index (χ3n) is 6.21. The summed E-state index contributed by atoms with van der Waals surface area (Å²) in [5, 5.41) is 13.4. The van der Waals surface area contributed by atoms with E-state index in [2.05, 4.69) is 46.6 Å². The van der Waals surface area contributed by atoms with Crippen LogP contribution in [0.2, 0.25) is 0 Å². The molecule has 3 aliphatic rings. The Kier molecular flexibility index (Phi) is 5.02. The fourth-order valence-corrected chi connectivity index (χ4v) is 4.72. The molecule has 3 atom stereocenters. The normalized spacial score (nSPS) is 30.3. The van der Waals surface area contributed by atoms with Crippen molar-refractivity contribution in [3.05, 3.63) is 47.5 Å². The maximum absolute atomic E-state index is 9.67. The molecule has 3 heteroatoms. The molecule has 0 radical (unpaired) electrons. The van der Waals surface area contributed by atoms with Gasteiger partial charge in [-0.15, -0.1) is 0 Å². The smallest absolute Gasteiger partial charge is 0.0564 e. The van der Waals surface area contributed by atoms with Crippen molar-refractivity contribution in [2.45, 2.75) is 44.9 Å². The summed E-state index contributed by atoms with van der Waals surface area (Å²) in [4.78, 5) is 2.48. The third-order valence-corrected chi connectivity index (χ3v) is 6.21. The molecule has 1 saturated carbocycles. The first-order valence-corrected chi connectivity index (χ1v) is 9.64. The van der Waals surface area contributed by atoms with E-state index in [9.17, 15) is 5.11 Å². The van der Waals surface area contributed by atoms with E-state index < -0.39 is 0 Å². The molecule has 4 rings (SSSR count). The minimum atomic E-state index is -0.0889. The van der Waals surface area contributed by atoms with Crippen LogP contribution in [-0.4, -0.2) is 35.7 Å². The van der Waals surface area contributed by atoms with Gasteiger partial charge in [0.05, 0.1) is 6.10 Å². The summed E-state index contributed by atoms with van der Waals surface area (Å²) in [6.07, 6.45) is 9.38. The van der Waals surface area contributed by atoms with Crippen molar-refractivity contribution in [3.8, 4) is 0 Å². The number of piperidine rings is 1. The number of rotatable bonds is 6. The van der Waals surface area contributed by atoms with E-state index in [0.717, 1.165) is 63.3 Å². The number of hydrogen-bond donors (Lipinski definition) is 2. The van der Waals surface area contributed by atoms with E-state index in [0.29, 0.717) is 0 Å². The quantitative estimate of drug-likeness (QED) is 0.789. The summed E-state index contributed by atoms with van der Waals surface area (Å²) in [7, 11) is 0. The Morgan fingerprint density at radius 2 is 1.83 bits per heavy atom. The van der Waals surface area contributed by atoms with Gasteiger partial charge in [-0.05, 0) is 61.1 Å². The Labute approximate surface area is 145 Å². The van der Waals surface area contributed by atoms with Gasteiger partial charge in [0.2, 0.25) is 0 Å². The van der Waals surface area contributed by atoms with Crippen molar-refractivity contribution in [1.29, 1.82) is 0 Å². The first kappa shape index (κ1) is 16.3. The van der Waals surface area contributed by atoms with Crippen LogP contribution < -0.4 is 5.32 Å². The summed E-state index contributed by atoms with van der Waals surface area (Å²) in [6, 6.07) is 8.84. The number of hydrogen-bond acceptors (Lipinski definition) is 3. The van der Waals surface area contributed by atoms with Crippen LogP contribution >= 0.6 is 0 Å².